The van der Waals surface area contributed by atoms with E-state index in [4.69, 9.17) is 0 Å². The molecule has 1 saturated carbocycles. The molecule has 27 heavy (non-hydrogen) atoms. The molecule has 138 valence electrons. The maximum Gasteiger partial charge on any atom is 0.251 e. The van der Waals surface area contributed by atoms with E-state index in [1.807, 2.05) is 31.2 Å². The van der Waals surface area contributed by atoms with E-state index in [0.29, 0.717) is 24.3 Å². The molecular formula is C21H22N4O2. The molecular weight excluding hydrogens is 340 g/mol. The summed E-state index contributed by atoms with van der Waals surface area (Å²) < 4.78 is 2.10. The van der Waals surface area contributed by atoms with Crippen molar-refractivity contribution in [3.05, 3.63) is 59.9 Å². The fraction of sp³-hybridized carbons (Fsp3) is 0.286. The van der Waals surface area contributed by atoms with Gasteiger partial charge < -0.3 is 15.2 Å². The summed E-state index contributed by atoms with van der Waals surface area (Å²) in [4.78, 5) is 28.9. The molecule has 1 heterocycles. The number of anilines is 1. The van der Waals surface area contributed by atoms with Crippen LogP contribution in [0.3, 0.4) is 0 Å². The Labute approximate surface area is 157 Å². The quantitative estimate of drug-likeness (QED) is 0.707. The maximum atomic E-state index is 12.5. The number of rotatable bonds is 6. The van der Waals surface area contributed by atoms with Crippen molar-refractivity contribution in [2.45, 2.75) is 26.3 Å². The SMILES string of the molecule is Cc1nc2ccccc2n1CCNC(=O)c1cccc(NC(=O)C2CC2)c1. The summed E-state index contributed by atoms with van der Waals surface area (Å²) in [5.74, 6) is 0.945. The van der Waals surface area contributed by atoms with Crippen molar-refractivity contribution < 1.29 is 9.59 Å². The summed E-state index contributed by atoms with van der Waals surface area (Å²) in [6.07, 6.45) is 1.91. The lowest BCUT2D eigenvalue weighted by atomic mass is 10.2. The maximum absolute atomic E-state index is 12.5. The highest BCUT2D eigenvalue weighted by Gasteiger charge is 2.29. The molecule has 6 nitrogen and oxygen atoms in total. The van der Waals surface area contributed by atoms with Gasteiger partial charge in [0.15, 0.2) is 0 Å². The molecule has 4 rings (SSSR count). The van der Waals surface area contributed by atoms with Crippen LogP contribution in [0.15, 0.2) is 48.5 Å². The van der Waals surface area contributed by atoms with E-state index in [-0.39, 0.29) is 17.7 Å². The zero-order valence-corrected chi connectivity index (χ0v) is 15.2. The third-order valence-corrected chi connectivity index (χ3v) is 4.81. The van der Waals surface area contributed by atoms with Crippen LogP contribution in [0.1, 0.15) is 29.0 Å². The number of hydrogen-bond acceptors (Lipinski definition) is 3. The number of hydrogen-bond donors (Lipinski definition) is 2. The largest absolute Gasteiger partial charge is 0.350 e. The first-order valence-corrected chi connectivity index (χ1v) is 9.23. The normalized spacial score (nSPS) is 13.5. The Morgan fingerprint density at radius 2 is 1.96 bits per heavy atom. The lowest BCUT2D eigenvalue weighted by Gasteiger charge is -2.10. The van der Waals surface area contributed by atoms with Gasteiger partial charge in [-0.25, -0.2) is 4.98 Å². The predicted molar refractivity (Wildman–Crippen MR) is 105 cm³/mol. The molecule has 3 aromatic rings. The van der Waals surface area contributed by atoms with Gasteiger partial charge >= 0.3 is 0 Å². The average molecular weight is 362 g/mol. The highest BCUT2D eigenvalue weighted by molar-refractivity contribution is 5.98. The molecule has 0 saturated heterocycles. The van der Waals surface area contributed by atoms with Crippen LogP contribution in [0.4, 0.5) is 5.69 Å². The number of fused-ring (bicyclic) bond motifs is 1. The zero-order valence-electron chi connectivity index (χ0n) is 15.2. The lowest BCUT2D eigenvalue weighted by molar-refractivity contribution is -0.117. The number of aryl methyl sites for hydroxylation is 1. The lowest BCUT2D eigenvalue weighted by Crippen LogP contribution is -2.27. The number of para-hydroxylation sites is 2. The molecule has 2 amide bonds. The van der Waals surface area contributed by atoms with Gasteiger partial charge in [0.2, 0.25) is 5.91 Å². The molecule has 1 aliphatic rings. The van der Waals surface area contributed by atoms with Gasteiger partial charge in [0.25, 0.3) is 5.91 Å². The van der Waals surface area contributed by atoms with Crippen LogP contribution < -0.4 is 10.6 Å². The van der Waals surface area contributed by atoms with E-state index in [9.17, 15) is 9.59 Å². The van der Waals surface area contributed by atoms with Gasteiger partial charge in [-0.3, -0.25) is 9.59 Å². The first-order valence-electron chi connectivity index (χ1n) is 9.23. The molecule has 1 aliphatic carbocycles. The predicted octanol–water partition coefficient (Wildman–Crippen LogP) is 3.12. The number of carbonyl (C=O) groups is 2. The van der Waals surface area contributed by atoms with Crippen molar-refractivity contribution in [2.24, 2.45) is 5.92 Å². The van der Waals surface area contributed by atoms with Crippen molar-refractivity contribution in [1.82, 2.24) is 14.9 Å². The fourth-order valence-electron chi connectivity index (χ4n) is 3.19. The van der Waals surface area contributed by atoms with Crippen molar-refractivity contribution in [3.8, 4) is 0 Å². The van der Waals surface area contributed by atoms with Gasteiger partial charge in [0, 0.05) is 30.3 Å². The molecule has 0 spiro atoms. The fourth-order valence-corrected chi connectivity index (χ4v) is 3.19. The van der Waals surface area contributed by atoms with Gasteiger partial charge in [0.05, 0.1) is 11.0 Å². The monoisotopic (exact) mass is 362 g/mol. The van der Waals surface area contributed by atoms with E-state index in [0.717, 1.165) is 29.7 Å². The van der Waals surface area contributed by atoms with E-state index in [2.05, 4.69) is 20.2 Å². The van der Waals surface area contributed by atoms with Crippen LogP contribution in [-0.2, 0) is 11.3 Å². The van der Waals surface area contributed by atoms with Crippen molar-refractivity contribution in [3.63, 3.8) is 0 Å². The second kappa shape index (κ2) is 7.23. The van der Waals surface area contributed by atoms with E-state index in [1.165, 1.54) is 0 Å². The Kier molecular flexibility index (Phi) is 4.62. The zero-order chi connectivity index (χ0) is 18.8. The smallest absolute Gasteiger partial charge is 0.251 e. The van der Waals surface area contributed by atoms with Crippen LogP contribution >= 0.6 is 0 Å². The summed E-state index contributed by atoms with van der Waals surface area (Å²) in [6, 6.07) is 15.0. The third-order valence-electron chi connectivity index (χ3n) is 4.81. The molecule has 1 fully saturated rings. The van der Waals surface area contributed by atoms with Crippen LogP contribution in [0.5, 0.6) is 0 Å². The van der Waals surface area contributed by atoms with Crippen LogP contribution in [-0.4, -0.2) is 27.9 Å². The number of amides is 2. The minimum absolute atomic E-state index is 0.0371. The summed E-state index contributed by atoms with van der Waals surface area (Å²) >= 11 is 0. The van der Waals surface area contributed by atoms with Gasteiger partial charge in [-0.05, 0) is 50.1 Å². The van der Waals surface area contributed by atoms with Crippen molar-refractivity contribution >= 4 is 28.5 Å². The molecule has 0 bridgehead atoms. The van der Waals surface area contributed by atoms with E-state index in [1.54, 1.807) is 24.3 Å². The summed E-state index contributed by atoms with van der Waals surface area (Å²) in [6.45, 7) is 3.11. The second-order valence-electron chi connectivity index (χ2n) is 6.90. The Balaban J connectivity index is 1.37. The molecule has 0 aliphatic heterocycles. The Hall–Kier alpha value is -3.15. The minimum Gasteiger partial charge on any atom is -0.350 e. The first kappa shape index (κ1) is 17.3. The number of benzene rings is 2. The molecule has 2 N–H and O–H groups in total. The topological polar surface area (TPSA) is 76.0 Å². The van der Waals surface area contributed by atoms with E-state index >= 15 is 0 Å². The third kappa shape index (κ3) is 3.84. The van der Waals surface area contributed by atoms with Crippen molar-refractivity contribution in [1.29, 1.82) is 0 Å². The molecule has 2 aromatic carbocycles. The highest BCUT2D eigenvalue weighted by Crippen LogP contribution is 2.30. The van der Waals surface area contributed by atoms with Crippen LogP contribution in [0.25, 0.3) is 11.0 Å². The molecule has 0 radical (unpaired) electrons. The minimum atomic E-state index is -0.153. The standard InChI is InChI=1S/C21H22N4O2/c1-14-23-18-7-2-3-8-19(18)25(14)12-11-22-20(26)16-5-4-6-17(13-16)24-21(27)15-9-10-15/h2-8,13,15H,9-12H2,1H3,(H,22,26)(H,24,27). The van der Waals surface area contributed by atoms with Gasteiger partial charge in [-0.1, -0.05) is 18.2 Å². The summed E-state index contributed by atoms with van der Waals surface area (Å²) in [5.41, 5.74) is 3.22. The summed E-state index contributed by atoms with van der Waals surface area (Å²) in [7, 11) is 0. The molecule has 6 heteroatoms. The number of imidazole rings is 1. The number of nitrogens with zero attached hydrogens (tertiary/aromatic N) is 2. The highest BCUT2D eigenvalue weighted by atomic mass is 16.2. The molecule has 1 aromatic heterocycles. The van der Waals surface area contributed by atoms with Gasteiger partial charge in [-0.2, -0.15) is 0 Å². The van der Waals surface area contributed by atoms with Crippen LogP contribution in [0.2, 0.25) is 0 Å². The van der Waals surface area contributed by atoms with Gasteiger partial charge in [-0.15, -0.1) is 0 Å². The second-order valence-corrected chi connectivity index (χ2v) is 6.90. The Morgan fingerprint density at radius 1 is 1.15 bits per heavy atom. The Bertz CT molecular complexity index is 1000. The summed E-state index contributed by atoms with van der Waals surface area (Å²) in [5, 5.41) is 5.82. The number of aromatic nitrogens is 2. The molecule has 0 unspecified atom stereocenters. The number of carbonyl (C=O) groups excluding carboxylic acids is 2. The number of nitrogens with one attached hydrogen (secondary N) is 2. The van der Waals surface area contributed by atoms with Gasteiger partial charge in [0.1, 0.15) is 5.82 Å². The Morgan fingerprint density at radius 3 is 2.78 bits per heavy atom. The molecule has 0 atom stereocenters. The van der Waals surface area contributed by atoms with Crippen LogP contribution in [0, 0.1) is 12.8 Å². The van der Waals surface area contributed by atoms with E-state index < -0.39 is 0 Å². The first-order chi connectivity index (χ1) is 13.1. The van der Waals surface area contributed by atoms with Crippen molar-refractivity contribution in [2.75, 3.05) is 11.9 Å². The average Bonchev–Trinajstić information content (AvgIpc) is 3.47.